The molecule has 2 N–H and O–H groups in total. The predicted octanol–water partition coefficient (Wildman–Crippen LogP) is 3.76. The first-order valence-corrected chi connectivity index (χ1v) is 9.32. The van der Waals surface area contributed by atoms with Gasteiger partial charge in [0.2, 0.25) is 11.9 Å². The predicted molar refractivity (Wildman–Crippen MR) is 116 cm³/mol. The quantitative estimate of drug-likeness (QED) is 0.523. The zero-order valence-corrected chi connectivity index (χ0v) is 17.1. The molecule has 0 saturated carbocycles. The molecule has 2 aromatic carbocycles. The van der Waals surface area contributed by atoms with Gasteiger partial charge in [0, 0.05) is 17.0 Å². The summed E-state index contributed by atoms with van der Waals surface area (Å²) in [5.41, 5.74) is 3.69. The maximum atomic E-state index is 12.2. The fraction of sp³-hybridized carbons (Fsp3) is 0.182. The molecule has 0 fully saturated rings. The van der Waals surface area contributed by atoms with Crippen LogP contribution in [0.4, 0.5) is 11.9 Å². The van der Waals surface area contributed by atoms with Gasteiger partial charge in [-0.3, -0.25) is 15.1 Å². The molecular formula is C22H21N5O3. The van der Waals surface area contributed by atoms with Gasteiger partial charge in [0.05, 0.1) is 31.1 Å². The van der Waals surface area contributed by atoms with E-state index in [4.69, 9.17) is 9.47 Å². The Bertz CT molecular complexity index is 1300. The van der Waals surface area contributed by atoms with Crippen molar-refractivity contribution in [3.8, 4) is 22.8 Å². The average molecular weight is 403 g/mol. The van der Waals surface area contributed by atoms with Gasteiger partial charge in [-0.1, -0.05) is 11.6 Å². The van der Waals surface area contributed by atoms with Gasteiger partial charge in [-0.15, -0.1) is 0 Å². The Kier molecular flexibility index (Phi) is 5.05. The number of aryl methyl sites for hydroxylation is 2. The van der Waals surface area contributed by atoms with Crippen molar-refractivity contribution in [3.05, 3.63) is 64.1 Å². The van der Waals surface area contributed by atoms with E-state index in [0.717, 1.165) is 22.2 Å². The number of methoxy groups -OCH3 is 2. The third-order valence-electron chi connectivity index (χ3n) is 4.69. The number of nitrogens with zero attached hydrogens (tertiary/aromatic N) is 3. The van der Waals surface area contributed by atoms with E-state index in [1.54, 1.807) is 26.4 Å². The van der Waals surface area contributed by atoms with Crippen LogP contribution in [0, 0.1) is 13.8 Å². The van der Waals surface area contributed by atoms with Crippen LogP contribution in [0.1, 0.15) is 11.3 Å². The summed E-state index contributed by atoms with van der Waals surface area (Å²) < 4.78 is 10.6. The van der Waals surface area contributed by atoms with Crippen molar-refractivity contribution in [3.63, 3.8) is 0 Å². The van der Waals surface area contributed by atoms with Crippen LogP contribution >= 0.6 is 0 Å². The summed E-state index contributed by atoms with van der Waals surface area (Å²) >= 11 is 0. The van der Waals surface area contributed by atoms with Crippen molar-refractivity contribution in [2.24, 2.45) is 0 Å². The molecule has 0 aliphatic carbocycles. The zero-order chi connectivity index (χ0) is 21.3. The van der Waals surface area contributed by atoms with Crippen molar-refractivity contribution in [1.29, 1.82) is 0 Å². The Labute approximate surface area is 173 Å². The van der Waals surface area contributed by atoms with E-state index in [1.807, 2.05) is 38.1 Å². The van der Waals surface area contributed by atoms with Crippen molar-refractivity contribution >= 4 is 22.8 Å². The number of hydrogen-bond acceptors (Lipinski definition) is 7. The second-order valence-corrected chi connectivity index (χ2v) is 6.83. The zero-order valence-electron chi connectivity index (χ0n) is 17.1. The summed E-state index contributed by atoms with van der Waals surface area (Å²) in [6.07, 6.45) is 0. The molecule has 0 spiro atoms. The van der Waals surface area contributed by atoms with Gasteiger partial charge in [0.1, 0.15) is 0 Å². The molecule has 2 aromatic heterocycles. The number of fused-ring (bicyclic) bond motifs is 1. The van der Waals surface area contributed by atoms with Crippen LogP contribution in [0.5, 0.6) is 11.5 Å². The summed E-state index contributed by atoms with van der Waals surface area (Å²) in [7, 11) is 3.12. The Morgan fingerprint density at radius 3 is 2.47 bits per heavy atom. The fourth-order valence-electron chi connectivity index (χ4n) is 3.22. The highest BCUT2D eigenvalue weighted by Crippen LogP contribution is 2.31. The first-order valence-electron chi connectivity index (χ1n) is 9.32. The normalized spacial score (nSPS) is 10.8. The molecule has 0 unspecified atom stereocenters. The highest BCUT2D eigenvalue weighted by molar-refractivity contribution is 5.82. The standard InChI is InChI=1S/C22H21N5O3/c1-12-5-7-16-15(9-12)13(2)23-21(24-16)27-22-25-17(11-20(28)26-22)14-6-8-18(29-3)19(10-14)30-4/h5-11H,1-4H3,(H2,23,24,25,26,27,28). The third-order valence-corrected chi connectivity index (χ3v) is 4.69. The lowest BCUT2D eigenvalue weighted by Crippen LogP contribution is -2.12. The highest BCUT2D eigenvalue weighted by Gasteiger charge is 2.11. The van der Waals surface area contributed by atoms with Crippen LogP contribution in [0.15, 0.2) is 47.3 Å². The first kappa shape index (κ1) is 19.4. The Morgan fingerprint density at radius 1 is 0.900 bits per heavy atom. The molecule has 2 heterocycles. The Morgan fingerprint density at radius 2 is 1.70 bits per heavy atom. The minimum absolute atomic E-state index is 0.248. The van der Waals surface area contributed by atoms with Gasteiger partial charge >= 0.3 is 0 Å². The van der Waals surface area contributed by atoms with E-state index >= 15 is 0 Å². The molecule has 8 heteroatoms. The first-order chi connectivity index (χ1) is 14.5. The Balaban J connectivity index is 1.72. The molecule has 8 nitrogen and oxygen atoms in total. The molecule has 0 radical (unpaired) electrons. The van der Waals surface area contributed by atoms with E-state index in [1.165, 1.54) is 6.07 Å². The van der Waals surface area contributed by atoms with Gasteiger partial charge in [0.15, 0.2) is 11.5 Å². The largest absolute Gasteiger partial charge is 0.493 e. The van der Waals surface area contributed by atoms with E-state index in [0.29, 0.717) is 28.7 Å². The number of aromatic amines is 1. The Hall–Kier alpha value is -3.94. The summed E-state index contributed by atoms with van der Waals surface area (Å²) in [5.74, 6) is 1.75. The summed E-state index contributed by atoms with van der Waals surface area (Å²) in [6, 6.07) is 12.8. The van der Waals surface area contributed by atoms with E-state index in [-0.39, 0.29) is 11.5 Å². The number of benzene rings is 2. The molecule has 0 amide bonds. The molecule has 4 rings (SSSR count). The van der Waals surface area contributed by atoms with Crippen LogP contribution in [-0.4, -0.2) is 34.2 Å². The minimum atomic E-state index is -0.301. The summed E-state index contributed by atoms with van der Waals surface area (Å²) in [6.45, 7) is 3.95. The number of hydrogen-bond donors (Lipinski definition) is 2. The van der Waals surface area contributed by atoms with Gasteiger partial charge in [0.25, 0.3) is 5.56 Å². The molecule has 30 heavy (non-hydrogen) atoms. The van der Waals surface area contributed by atoms with E-state index < -0.39 is 0 Å². The lowest BCUT2D eigenvalue weighted by Gasteiger charge is -2.11. The topological polar surface area (TPSA) is 102 Å². The lowest BCUT2D eigenvalue weighted by molar-refractivity contribution is 0.355. The molecule has 0 atom stereocenters. The van der Waals surface area contributed by atoms with Crippen LogP contribution in [0.25, 0.3) is 22.2 Å². The SMILES string of the molecule is COc1ccc(-c2cc(=O)[nH]c(Nc3nc(C)c4cc(C)ccc4n3)n2)cc1OC. The van der Waals surface area contributed by atoms with Crippen molar-refractivity contribution < 1.29 is 9.47 Å². The monoisotopic (exact) mass is 403 g/mol. The molecule has 0 saturated heterocycles. The van der Waals surface area contributed by atoms with Crippen molar-refractivity contribution in [2.45, 2.75) is 13.8 Å². The average Bonchev–Trinajstić information content (AvgIpc) is 2.73. The number of rotatable bonds is 5. The van der Waals surface area contributed by atoms with Crippen LogP contribution in [0.3, 0.4) is 0 Å². The second-order valence-electron chi connectivity index (χ2n) is 6.83. The van der Waals surface area contributed by atoms with E-state index in [9.17, 15) is 4.79 Å². The van der Waals surface area contributed by atoms with Gasteiger partial charge in [-0.2, -0.15) is 0 Å². The highest BCUT2D eigenvalue weighted by atomic mass is 16.5. The number of H-pyrrole nitrogens is 1. The van der Waals surface area contributed by atoms with Gasteiger partial charge < -0.3 is 9.47 Å². The lowest BCUT2D eigenvalue weighted by atomic mass is 10.1. The number of anilines is 2. The maximum absolute atomic E-state index is 12.2. The molecule has 4 aromatic rings. The second kappa shape index (κ2) is 7.82. The van der Waals surface area contributed by atoms with E-state index in [2.05, 4.69) is 25.3 Å². The minimum Gasteiger partial charge on any atom is -0.493 e. The van der Waals surface area contributed by atoms with Gasteiger partial charge in [-0.05, 0) is 44.2 Å². The number of ether oxygens (including phenoxy) is 2. The third kappa shape index (κ3) is 3.80. The maximum Gasteiger partial charge on any atom is 0.252 e. The molecular weight excluding hydrogens is 382 g/mol. The van der Waals surface area contributed by atoms with Crippen LogP contribution in [-0.2, 0) is 0 Å². The fourth-order valence-corrected chi connectivity index (χ4v) is 3.22. The molecule has 152 valence electrons. The van der Waals surface area contributed by atoms with Crippen molar-refractivity contribution in [1.82, 2.24) is 19.9 Å². The van der Waals surface area contributed by atoms with Crippen LogP contribution < -0.4 is 20.3 Å². The summed E-state index contributed by atoms with van der Waals surface area (Å²) in [4.78, 5) is 28.5. The van der Waals surface area contributed by atoms with Crippen molar-refractivity contribution in [2.75, 3.05) is 19.5 Å². The summed E-state index contributed by atoms with van der Waals surface area (Å²) in [5, 5.41) is 4.00. The smallest absolute Gasteiger partial charge is 0.252 e. The number of aromatic nitrogens is 4. The molecule has 0 bridgehead atoms. The molecule has 0 aliphatic rings. The molecule has 0 aliphatic heterocycles. The van der Waals surface area contributed by atoms with Crippen LogP contribution in [0.2, 0.25) is 0 Å². The van der Waals surface area contributed by atoms with Gasteiger partial charge in [-0.25, -0.2) is 15.0 Å². The number of nitrogens with one attached hydrogen (secondary N) is 2.